The van der Waals surface area contributed by atoms with Crippen molar-refractivity contribution < 1.29 is 14.3 Å². The Morgan fingerprint density at radius 1 is 1.33 bits per heavy atom. The van der Waals surface area contributed by atoms with Crippen LogP contribution in [0.25, 0.3) is 0 Å². The second kappa shape index (κ2) is 7.68. The molecule has 0 saturated heterocycles. The van der Waals surface area contributed by atoms with Crippen LogP contribution in [0.4, 0.5) is 11.4 Å². The van der Waals surface area contributed by atoms with Crippen molar-refractivity contribution in [1.82, 2.24) is 0 Å². The average molecular weight is 252 g/mol. The Hall–Kier alpha value is -1.59. The first kappa shape index (κ1) is 14.5. The molecule has 0 radical (unpaired) electrons. The highest BCUT2D eigenvalue weighted by Crippen LogP contribution is 2.19. The summed E-state index contributed by atoms with van der Waals surface area (Å²) in [5, 5.41) is 2.70. The molecule has 0 aliphatic heterocycles. The topological polar surface area (TPSA) is 73.6 Å². The maximum Gasteiger partial charge on any atom is 0.250 e. The molecule has 1 amide bonds. The summed E-state index contributed by atoms with van der Waals surface area (Å²) in [7, 11) is 0. The fourth-order valence-corrected chi connectivity index (χ4v) is 1.41. The van der Waals surface area contributed by atoms with Gasteiger partial charge in [0, 0.05) is 6.61 Å². The fraction of sp³-hybridized carbons (Fsp3) is 0.462. The van der Waals surface area contributed by atoms with Crippen molar-refractivity contribution in [3.8, 4) is 0 Å². The number of aryl methyl sites for hydroxylation is 1. The minimum atomic E-state index is -0.220. The SMILES string of the molecule is CCOCCOCC(=O)Nc1ccc(C)cc1N. The lowest BCUT2D eigenvalue weighted by molar-refractivity contribution is -0.121. The highest BCUT2D eigenvalue weighted by molar-refractivity contribution is 5.94. The monoisotopic (exact) mass is 252 g/mol. The lowest BCUT2D eigenvalue weighted by Gasteiger charge is -2.09. The minimum Gasteiger partial charge on any atom is -0.397 e. The van der Waals surface area contributed by atoms with E-state index in [0.29, 0.717) is 31.2 Å². The van der Waals surface area contributed by atoms with Gasteiger partial charge in [-0.05, 0) is 31.5 Å². The molecule has 0 atom stereocenters. The third-order valence-corrected chi connectivity index (χ3v) is 2.29. The molecule has 1 aromatic rings. The van der Waals surface area contributed by atoms with Gasteiger partial charge in [0.05, 0.1) is 24.6 Å². The van der Waals surface area contributed by atoms with Crippen LogP contribution in [0, 0.1) is 6.92 Å². The number of nitrogens with two attached hydrogens (primary N) is 1. The van der Waals surface area contributed by atoms with Gasteiger partial charge in [-0.2, -0.15) is 0 Å². The van der Waals surface area contributed by atoms with E-state index in [2.05, 4.69) is 5.32 Å². The number of carbonyl (C=O) groups excluding carboxylic acids is 1. The number of amides is 1. The van der Waals surface area contributed by atoms with Crippen molar-refractivity contribution in [3.63, 3.8) is 0 Å². The van der Waals surface area contributed by atoms with Crippen molar-refractivity contribution in [3.05, 3.63) is 23.8 Å². The molecule has 5 heteroatoms. The van der Waals surface area contributed by atoms with Gasteiger partial charge in [-0.1, -0.05) is 6.07 Å². The number of ether oxygens (including phenoxy) is 2. The highest BCUT2D eigenvalue weighted by atomic mass is 16.5. The maximum atomic E-state index is 11.5. The summed E-state index contributed by atoms with van der Waals surface area (Å²) in [4.78, 5) is 11.5. The zero-order valence-corrected chi connectivity index (χ0v) is 10.9. The van der Waals surface area contributed by atoms with Gasteiger partial charge in [0.15, 0.2) is 0 Å². The molecule has 5 nitrogen and oxygen atoms in total. The van der Waals surface area contributed by atoms with Gasteiger partial charge in [-0.15, -0.1) is 0 Å². The molecule has 0 bridgehead atoms. The third kappa shape index (κ3) is 5.16. The molecule has 0 fully saturated rings. The van der Waals surface area contributed by atoms with Gasteiger partial charge in [0.25, 0.3) is 0 Å². The van der Waals surface area contributed by atoms with E-state index in [0.717, 1.165) is 5.56 Å². The van der Waals surface area contributed by atoms with Crippen LogP contribution in [0.2, 0.25) is 0 Å². The molecule has 18 heavy (non-hydrogen) atoms. The Morgan fingerprint density at radius 2 is 2.06 bits per heavy atom. The number of nitrogen functional groups attached to an aromatic ring is 1. The molecule has 1 aromatic carbocycles. The third-order valence-electron chi connectivity index (χ3n) is 2.29. The molecule has 0 unspecified atom stereocenters. The van der Waals surface area contributed by atoms with Gasteiger partial charge in [0.1, 0.15) is 6.61 Å². The quantitative estimate of drug-likeness (QED) is 0.570. The molecule has 0 heterocycles. The summed E-state index contributed by atoms with van der Waals surface area (Å²) in [6, 6.07) is 5.48. The van der Waals surface area contributed by atoms with E-state index in [9.17, 15) is 4.79 Å². The van der Waals surface area contributed by atoms with Crippen LogP contribution in [-0.2, 0) is 14.3 Å². The molecular formula is C13H20N2O3. The minimum absolute atomic E-state index is 0.000388. The Bertz CT molecular complexity index is 394. The number of hydrogen-bond acceptors (Lipinski definition) is 4. The largest absolute Gasteiger partial charge is 0.397 e. The first-order chi connectivity index (χ1) is 8.63. The van der Waals surface area contributed by atoms with Crippen molar-refractivity contribution in [2.24, 2.45) is 0 Å². The van der Waals surface area contributed by atoms with Crippen molar-refractivity contribution in [1.29, 1.82) is 0 Å². The molecule has 0 aromatic heterocycles. The average Bonchev–Trinajstić information content (AvgIpc) is 2.32. The van der Waals surface area contributed by atoms with Crippen LogP contribution < -0.4 is 11.1 Å². The van der Waals surface area contributed by atoms with Gasteiger partial charge in [0.2, 0.25) is 5.91 Å². The van der Waals surface area contributed by atoms with E-state index in [-0.39, 0.29) is 12.5 Å². The normalized spacial score (nSPS) is 10.3. The first-order valence-corrected chi connectivity index (χ1v) is 5.95. The van der Waals surface area contributed by atoms with Crippen LogP contribution in [0.5, 0.6) is 0 Å². The van der Waals surface area contributed by atoms with Crippen molar-refractivity contribution in [2.75, 3.05) is 37.5 Å². The molecule has 0 aliphatic carbocycles. The Morgan fingerprint density at radius 3 is 2.72 bits per heavy atom. The van der Waals surface area contributed by atoms with Crippen molar-refractivity contribution in [2.45, 2.75) is 13.8 Å². The summed E-state index contributed by atoms with van der Waals surface area (Å²) >= 11 is 0. The summed E-state index contributed by atoms with van der Waals surface area (Å²) in [5.74, 6) is -0.220. The number of benzene rings is 1. The van der Waals surface area contributed by atoms with Crippen LogP contribution in [-0.4, -0.2) is 32.3 Å². The zero-order chi connectivity index (χ0) is 13.4. The van der Waals surface area contributed by atoms with Gasteiger partial charge in [-0.25, -0.2) is 0 Å². The number of nitrogens with one attached hydrogen (secondary N) is 1. The molecule has 0 aliphatic rings. The summed E-state index contributed by atoms with van der Waals surface area (Å²) < 4.78 is 10.2. The van der Waals surface area contributed by atoms with Crippen LogP contribution in [0.3, 0.4) is 0 Å². The Labute approximate surface area is 107 Å². The van der Waals surface area contributed by atoms with Crippen LogP contribution >= 0.6 is 0 Å². The van der Waals surface area contributed by atoms with E-state index in [1.54, 1.807) is 6.07 Å². The summed E-state index contributed by atoms with van der Waals surface area (Å²) in [6.07, 6.45) is 0. The standard InChI is InChI=1S/C13H20N2O3/c1-3-17-6-7-18-9-13(16)15-12-5-4-10(2)8-11(12)14/h4-5,8H,3,6-7,9,14H2,1-2H3,(H,15,16). The van der Waals surface area contributed by atoms with E-state index >= 15 is 0 Å². The van der Waals surface area contributed by atoms with Gasteiger partial charge >= 0.3 is 0 Å². The smallest absolute Gasteiger partial charge is 0.250 e. The van der Waals surface area contributed by atoms with Crippen LogP contribution in [0.1, 0.15) is 12.5 Å². The van der Waals surface area contributed by atoms with Crippen LogP contribution in [0.15, 0.2) is 18.2 Å². The molecule has 0 saturated carbocycles. The molecule has 0 spiro atoms. The molecule has 3 N–H and O–H groups in total. The Balaban J connectivity index is 2.31. The van der Waals surface area contributed by atoms with Gasteiger partial charge in [-0.3, -0.25) is 4.79 Å². The Kier molecular flexibility index (Phi) is 6.18. The number of rotatable bonds is 7. The van der Waals surface area contributed by atoms with E-state index in [4.69, 9.17) is 15.2 Å². The molecule has 100 valence electrons. The highest BCUT2D eigenvalue weighted by Gasteiger charge is 2.05. The maximum absolute atomic E-state index is 11.5. The van der Waals surface area contributed by atoms with Crippen molar-refractivity contribution >= 4 is 17.3 Å². The van der Waals surface area contributed by atoms with E-state index in [1.807, 2.05) is 26.0 Å². The first-order valence-electron chi connectivity index (χ1n) is 5.95. The number of anilines is 2. The van der Waals surface area contributed by atoms with Gasteiger partial charge < -0.3 is 20.5 Å². The van der Waals surface area contributed by atoms with E-state index < -0.39 is 0 Å². The molecular weight excluding hydrogens is 232 g/mol. The van der Waals surface area contributed by atoms with E-state index in [1.165, 1.54) is 0 Å². The number of carbonyl (C=O) groups is 1. The second-order valence-corrected chi connectivity index (χ2v) is 3.89. The zero-order valence-electron chi connectivity index (χ0n) is 10.9. The fourth-order valence-electron chi connectivity index (χ4n) is 1.41. The summed E-state index contributed by atoms with van der Waals surface area (Å²) in [6.45, 7) is 5.41. The lowest BCUT2D eigenvalue weighted by atomic mass is 10.2. The summed E-state index contributed by atoms with van der Waals surface area (Å²) in [5.41, 5.74) is 8.01. The number of hydrogen-bond donors (Lipinski definition) is 2. The predicted molar refractivity (Wildman–Crippen MR) is 71.5 cm³/mol. The lowest BCUT2D eigenvalue weighted by Crippen LogP contribution is -2.20. The second-order valence-electron chi connectivity index (χ2n) is 3.89. The molecule has 1 rings (SSSR count). The predicted octanol–water partition coefficient (Wildman–Crippen LogP) is 1.57.